The van der Waals surface area contributed by atoms with E-state index in [1.807, 2.05) is 21.1 Å². The first-order chi connectivity index (χ1) is 28.6. The molecular weight excluding hydrogens is 739 g/mol. The summed E-state index contributed by atoms with van der Waals surface area (Å²) in [6.45, 7) is 4.75. The van der Waals surface area contributed by atoms with Gasteiger partial charge in [-0.15, -0.1) is 0 Å². The number of quaternary nitrogens is 1. The molecule has 0 aliphatic rings. The molecule has 2 unspecified atom stereocenters. The lowest BCUT2D eigenvalue weighted by atomic mass is 10.0. The van der Waals surface area contributed by atoms with Gasteiger partial charge in [-0.25, -0.2) is 4.79 Å². The second kappa shape index (κ2) is 42.5. The van der Waals surface area contributed by atoms with E-state index in [1.54, 1.807) is 0 Å². The molecule has 8 nitrogen and oxygen atoms in total. The highest BCUT2D eigenvalue weighted by Crippen LogP contribution is 2.16. The highest BCUT2D eigenvalue weighted by atomic mass is 16.6. The largest absolute Gasteiger partial charge is 0.477 e. The van der Waals surface area contributed by atoms with Crippen molar-refractivity contribution in [2.24, 2.45) is 0 Å². The molecule has 0 aliphatic carbocycles. The molecule has 0 amide bonds. The van der Waals surface area contributed by atoms with Crippen LogP contribution < -0.4 is 0 Å². The van der Waals surface area contributed by atoms with Crippen LogP contribution in [0.25, 0.3) is 0 Å². The summed E-state index contributed by atoms with van der Waals surface area (Å²) in [5.41, 5.74) is 0. The molecular formula is C51H96NO7+. The lowest BCUT2D eigenvalue weighted by Crippen LogP contribution is -2.50. The van der Waals surface area contributed by atoms with Crippen LogP contribution in [-0.2, 0) is 28.6 Å². The van der Waals surface area contributed by atoms with Crippen LogP contribution in [0.5, 0.6) is 0 Å². The van der Waals surface area contributed by atoms with Gasteiger partial charge in [-0.1, -0.05) is 199 Å². The van der Waals surface area contributed by atoms with Crippen molar-refractivity contribution in [2.75, 3.05) is 41.0 Å². The smallest absolute Gasteiger partial charge is 0.362 e. The Bertz CT molecular complexity index is 1020. The number of nitrogens with zero attached hydrogens (tertiary/aromatic N) is 1. The molecule has 2 atom stereocenters. The van der Waals surface area contributed by atoms with Crippen molar-refractivity contribution in [1.82, 2.24) is 0 Å². The SMILES string of the molecule is CCCCCCCCC/C=C/C=C/CCCCCCCC(=O)OC(COCCC(C(=O)O)[N+](C)(C)C)COC(=O)CCCCCCCCCCCCCCCCCCC. The van der Waals surface area contributed by atoms with E-state index in [1.165, 1.54) is 141 Å². The van der Waals surface area contributed by atoms with Crippen LogP contribution in [0.3, 0.4) is 0 Å². The van der Waals surface area contributed by atoms with E-state index in [-0.39, 0.29) is 36.2 Å². The Balaban J connectivity index is 4.28. The van der Waals surface area contributed by atoms with Crippen LogP contribution in [0.4, 0.5) is 0 Å². The van der Waals surface area contributed by atoms with Crippen molar-refractivity contribution in [1.29, 1.82) is 0 Å². The van der Waals surface area contributed by atoms with Gasteiger partial charge < -0.3 is 23.8 Å². The van der Waals surface area contributed by atoms with Crippen molar-refractivity contribution >= 4 is 17.9 Å². The van der Waals surface area contributed by atoms with E-state index < -0.39 is 18.1 Å². The lowest BCUT2D eigenvalue weighted by Gasteiger charge is -2.31. The van der Waals surface area contributed by atoms with Crippen LogP contribution in [0.1, 0.15) is 232 Å². The van der Waals surface area contributed by atoms with Gasteiger partial charge in [0.2, 0.25) is 0 Å². The Morgan fingerprint density at radius 2 is 0.881 bits per heavy atom. The summed E-state index contributed by atoms with van der Waals surface area (Å²) in [7, 11) is 5.53. The van der Waals surface area contributed by atoms with Gasteiger partial charge in [0, 0.05) is 19.3 Å². The summed E-state index contributed by atoms with van der Waals surface area (Å²) in [5, 5.41) is 9.64. The Hall–Kier alpha value is -2.19. The van der Waals surface area contributed by atoms with Crippen molar-refractivity contribution < 1.29 is 38.2 Å². The maximum absolute atomic E-state index is 12.8. The minimum Gasteiger partial charge on any atom is -0.477 e. The van der Waals surface area contributed by atoms with Gasteiger partial charge in [-0.3, -0.25) is 9.59 Å². The lowest BCUT2D eigenvalue weighted by molar-refractivity contribution is -0.887. The zero-order valence-electron chi connectivity index (χ0n) is 39.5. The number of rotatable bonds is 45. The number of esters is 2. The number of carboxylic acids is 1. The highest BCUT2D eigenvalue weighted by Gasteiger charge is 2.31. The van der Waals surface area contributed by atoms with Crippen molar-refractivity contribution in [3.05, 3.63) is 24.3 Å². The van der Waals surface area contributed by atoms with Crippen LogP contribution in [0.15, 0.2) is 24.3 Å². The van der Waals surface area contributed by atoms with Gasteiger partial charge in [-0.2, -0.15) is 0 Å². The average Bonchev–Trinajstić information content (AvgIpc) is 3.19. The summed E-state index contributed by atoms with van der Waals surface area (Å²) in [6, 6.07) is -0.615. The first-order valence-electron chi connectivity index (χ1n) is 24.9. The molecule has 346 valence electrons. The van der Waals surface area contributed by atoms with Gasteiger partial charge >= 0.3 is 17.9 Å². The Kier molecular flexibility index (Phi) is 40.9. The van der Waals surface area contributed by atoms with Crippen molar-refractivity contribution in [3.8, 4) is 0 Å². The number of unbranched alkanes of at least 4 members (excludes halogenated alkanes) is 28. The summed E-state index contributed by atoms with van der Waals surface area (Å²) in [4.78, 5) is 37.1. The second-order valence-corrected chi connectivity index (χ2v) is 18.1. The predicted octanol–water partition coefficient (Wildman–Crippen LogP) is 14.0. The van der Waals surface area contributed by atoms with Crippen molar-refractivity contribution in [2.45, 2.75) is 244 Å². The highest BCUT2D eigenvalue weighted by molar-refractivity contribution is 5.72. The number of hydrogen-bond donors (Lipinski definition) is 1. The summed E-state index contributed by atoms with van der Waals surface area (Å²) in [6.07, 6.45) is 47.9. The number of carboxylic acid groups (broad SMARTS) is 1. The van der Waals surface area contributed by atoms with Crippen LogP contribution in [-0.4, -0.2) is 80.6 Å². The molecule has 0 aromatic heterocycles. The fourth-order valence-electron chi connectivity index (χ4n) is 7.50. The first-order valence-corrected chi connectivity index (χ1v) is 24.9. The summed E-state index contributed by atoms with van der Waals surface area (Å²) >= 11 is 0. The monoisotopic (exact) mass is 835 g/mol. The molecule has 0 aromatic rings. The third-order valence-electron chi connectivity index (χ3n) is 11.4. The van der Waals surface area contributed by atoms with Crippen molar-refractivity contribution in [3.63, 3.8) is 0 Å². The van der Waals surface area contributed by atoms with Gasteiger partial charge in [0.15, 0.2) is 12.1 Å². The Morgan fingerprint density at radius 1 is 0.508 bits per heavy atom. The zero-order valence-corrected chi connectivity index (χ0v) is 39.5. The number of allylic oxidation sites excluding steroid dienone is 4. The third kappa shape index (κ3) is 41.0. The molecule has 59 heavy (non-hydrogen) atoms. The van der Waals surface area contributed by atoms with Crippen LogP contribution in [0, 0.1) is 0 Å². The van der Waals surface area contributed by atoms with E-state index in [2.05, 4.69) is 38.2 Å². The molecule has 0 aliphatic heterocycles. The summed E-state index contributed by atoms with van der Waals surface area (Å²) in [5.74, 6) is -1.47. The summed E-state index contributed by atoms with van der Waals surface area (Å²) < 4.78 is 17.3. The molecule has 8 heteroatoms. The normalized spacial score (nSPS) is 13.0. The quantitative estimate of drug-likeness (QED) is 0.0282. The molecule has 0 heterocycles. The molecule has 0 rings (SSSR count). The number of aliphatic carboxylic acids is 1. The second-order valence-electron chi connectivity index (χ2n) is 18.1. The molecule has 0 spiro atoms. The minimum atomic E-state index is -0.875. The van der Waals surface area contributed by atoms with Gasteiger partial charge in [0.1, 0.15) is 6.61 Å². The molecule has 0 saturated heterocycles. The molecule has 0 aromatic carbocycles. The molecule has 0 fully saturated rings. The topological polar surface area (TPSA) is 99.1 Å². The third-order valence-corrected chi connectivity index (χ3v) is 11.4. The molecule has 0 saturated carbocycles. The van der Waals surface area contributed by atoms with E-state index in [0.29, 0.717) is 19.3 Å². The molecule has 0 bridgehead atoms. The first kappa shape index (κ1) is 56.8. The van der Waals surface area contributed by atoms with E-state index >= 15 is 0 Å². The fraction of sp³-hybridized carbons (Fsp3) is 0.863. The number of carbonyl (C=O) groups excluding carboxylic acids is 2. The maximum atomic E-state index is 12.8. The van der Waals surface area contributed by atoms with Crippen LogP contribution >= 0.6 is 0 Å². The number of ether oxygens (including phenoxy) is 3. The Labute approximate surface area is 364 Å². The standard InChI is InChI=1S/C51H95NO7/c1-6-8-10-12-14-16-18-20-22-24-26-28-30-32-34-36-38-40-42-50(54)59-47(45-57-44-43-48(51(55)56)52(3,4)5)46-58-49(53)41-39-37-35-33-31-29-27-25-23-21-19-17-15-13-11-9-7-2/h22,24,26,28,47-48H,6-21,23,25,27,29-46H2,1-5H3/p+1/b24-22+,28-26+. The Morgan fingerprint density at radius 3 is 1.27 bits per heavy atom. The van der Waals surface area contributed by atoms with E-state index in [0.717, 1.165) is 57.8 Å². The van der Waals surface area contributed by atoms with Gasteiger partial charge in [0.05, 0.1) is 34.4 Å². The predicted molar refractivity (Wildman–Crippen MR) is 248 cm³/mol. The number of carbonyl (C=O) groups is 3. The maximum Gasteiger partial charge on any atom is 0.362 e. The zero-order chi connectivity index (χ0) is 43.5. The fourth-order valence-corrected chi connectivity index (χ4v) is 7.50. The molecule has 1 N–H and O–H groups in total. The number of likely N-dealkylation sites (N-methyl/N-ethyl adjacent to an activating group) is 1. The van der Waals surface area contributed by atoms with Gasteiger partial charge in [0.25, 0.3) is 0 Å². The average molecular weight is 835 g/mol. The van der Waals surface area contributed by atoms with E-state index in [9.17, 15) is 19.5 Å². The molecule has 0 radical (unpaired) electrons. The van der Waals surface area contributed by atoms with Crippen LogP contribution in [0.2, 0.25) is 0 Å². The van der Waals surface area contributed by atoms with E-state index in [4.69, 9.17) is 14.2 Å². The van der Waals surface area contributed by atoms with Gasteiger partial charge in [-0.05, 0) is 38.5 Å². The minimum absolute atomic E-state index is 0.0525. The number of hydrogen-bond acceptors (Lipinski definition) is 6.